The fourth-order valence-corrected chi connectivity index (χ4v) is 2.90. The number of aromatic nitrogens is 2. The average Bonchev–Trinajstić information content (AvgIpc) is 2.38. The summed E-state index contributed by atoms with van der Waals surface area (Å²) in [6.07, 6.45) is 5.07. The van der Waals surface area contributed by atoms with E-state index >= 15 is 0 Å². The Kier molecular flexibility index (Phi) is 3.73. The highest BCUT2D eigenvalue weighted by Gasteiger charge is 2.31. The smallest absolute Gasteiger partial charge is 0.222 e. The van der Waals surface area contributed by atoms with Crippen LogP contribution in [0, 0.1) is 12.3 Å². The summed E-state index contributed by atoms with van der Waals surface area (Å²) in [4.78, 5) is 10.8. The van der Waals surface area contributed by atoms with Crippen LogP contribution in [-0.4, -0.2) is 23.1 Å². The lowest BCUT2D eigenvalue weighted by molar-refractivity contribution is 0.199. The van der Waals surface area contributed by atoms with Crippen molar-refractivity contribution in [3.8, 4) is 0 Å². The maximum absolute atomic E-state index is 5.72. The maximum Gasteiger partial charge on any atom is 0.222 e. The van der Waals surface area contributed by atoms with E-state index in [1.165, 1.54) is 25.7 Å². The molecule has 1 saturated heterocycles. The van der Waals surface area contributed by atoms with E-state index in [1.54, 1.807) is 0 Å². The first-order valence-corrected chi connectivity index (χ1v) is 6.94. The van der Waals surface area contributed by atoms with Gasteiger partial charge in [0.15, 0.2) is 0 Å². The van der Waals surface area contributed by atoms with Crippen LogP contribution in [0.25, 0.3) is 0 Å². The van der Waals surface area contributed by atoms with Gasteiger partial charge >= 0.3 is 0 Å². The van der Waals surface area contributed by atoms with Crippen molar-refractivity contribution >= 4 is 11.8 Å². The fourth-order valence-electron chi connectivity index (χ4n) is 2.90. The van der Waals surface area contributed by atoms with Gasteiger partial charge in [-0.1, -0.05) is 26.7 Å². The van der Waals surface area contributed by atoms with Crippen molar-refractivity contribution in [2.75, 3.05) is 23.7 Å². The molecule has 0 unspecified atom stereocenters. The Hall–Kier alpha value is -1.32. The van der Waals surface area contributed by atoms with Gasteiger partial charge in [0.25, 0.3) is 0 Å². The molecular weight excluding hydrogens is 224 g/mol. The van der Waals surface area contributed by atoms with Gasteiger partial charge in [0, 0.05) is 24.8 Å². The van der Waals surface area contributed by atoms with Crippen molar-refractivity contribution in [1.82, 2.24) is 9.97 Å². The summed E-state index contributed by atoms with van der Waals surface area (Å²) in [5, 5.41) is 0. The summed E-state index contributed by atoms with van der Waals surface area (Å²) in [7, 11) is 0. The summed E-state index contributed by atoms with van der Waals surface area (Å²) in [6.45, 7) is 8.75. The summed E-state index contributed by atoms with van der Waals surface area (Å²) in [5.41, 5.74) is 7.21. The number of nitrogens with zero attached hydrogens (tertiary/aromatic N) is 3. The topological polar surface area (TPSA) is 55.0 Å². The molecule has 0 atom stereocenters. The third kappa shape index (κ3) is 2.57. The minimum absolute atomic E-state index is 0.382. The van der Waals surface area contributed by atoms with Gasteiger partial charge in [-0.3, -0.25) is 0 Å². The van der Waals surface area contributed by atoms with E-state index < -0.39 is 0 Å². The van der Waals surface area contributed by atoms with Gasteiger partial charge < -0.3 is 10.6 Å². The third-order valence-corrected chi connectivity index (χ3v) is 4.51. The lowest BCUT2D eigenvalue weighted by atomic mass is 9.74. The standard InChI is InChI=1S/C14H24N4/c1-4-14(5-2)6-8-18(9-7-14)12-10-11(3)16-13(15)17-12/h10H,4-9H2,1-3H3,(H2,15,16,17). The monoisotopic (exact) mass is 248 g/mol. The predicted octanol–water partition coefficient (Wildman–Crippen LogP) is 2.77. The Balaban J connectivity index is 2.09. The maximum atomic E-state index is 5.72. The van der Waals surface area contributed by atoms with E-state index in [0.29, 0.717) is 11.4 Å². The summed E-state index contributed by atoms with van der Waals surface area (Å²) < 4.78 is 0. The van der Waals surface area contributed by atoms with E-state index in [1.807, 2.05) is 13.0 Å². The minimum Gasteiger partial charge on any atom is -0.368 e. The fraction of sp³-hybridized carbons (Fsp3) is 0.714. The van der Waals surface area contributed by atoms with Crippen LogP contribution in [0.4, 0.5) is 11.8 Å². The molecule has 1 aliphatic heterocycles. The Labute approximate surface area is 110 Å². The number of rotatable bonds is 3. The number of piperidine rings is 1. The Morgan fingerprint density at radius 1 is 1.22 bits per heavy atom. The van der Waals surface area contributed by atoms with Crippen molar-refractivity contribution < 1.29 is 0 Å². The highest BCUT2D eigenvalue weighted by Crippen LogP contribution is 2.38. The number of hydrogen-bond donors (Lipinski definition) is 1. The second-order valence-corrected chi connectivity index (χ2v) is 5.42. The molecule has 1 aromatic rings. The second-order valence-electron chi connectivity index (χ2n) is 5.42. The lowest BCUT2D eigenvalue weighted by Crippen LogP contribution is -2.40. The molecule has 0 aliphatic carbocycles. The van der Waals surface area contributed by atoms with Crippen molar-refractivity contribution in [2.24, 2.45) is 5.41 Å². The normalized spacial score (nSPS) is 18.9. The van der Waals surface area contributed by atoms with Crippen molar-refractivity contribution in [2.45, 2.75) is 46.5 Å². The van der Waals surface area contributed by atoms with E-state index in [-0.39, 0.29) is 0 Å². The van der Waals surface area contributed by atoms with Crippen LogP contribution in [0.5, 0.6) is 0 Å². The summed E-state index contributed by atoms with van der Waals surface area (Å²) >= 11 is 0. The molecule has 0 bridgehead atoms. The number of hydrogen-bond acceptors (Lipinski definition) is 4. The quantitative estimate of drug-likeness (QED) is 0.893. The largest absolute Gasteiger partial charge is 0.368 e. The predicted molar refractivity (Wildman–Crippen MR) is 75.6 cm³/mol. The van der Waals surface area contributed by atoms with Gasteiger partial charge in [0.2, 0.25) is 5.95 Å². The molecule has 2 heterocycles. The zero-order valence-electron chi connectivity index (χ0n) is 11.7. The van der Waals surface area contributed by atoms with Gasteiger partial charge in [0.1, 0.15) is 5.82 Å². The molecule has 2 N–H and O–H groups in total. The zero-order valence-corrected chi connectivity index (χ0v) is 11.7. The van der Waals surface area contributed by atoms with Gasteiger partial charge in [-0.15, -0.1) is 0 Å². The second kappa shape index (κ2) is 5.12. The molecule has 0 spiro atoms. The van der Waals surface area contributed by atoms with Gasteiger partial charge in [0.05, 0.1) is 0 Å². The van der Waals surface area contributed by atoms with Crippen LogP contribution >= 0.6 is 0 Å². The Morgan fingerprint density at radius 3 is 2.33 bits per heavy atom. The number of nitrogens with two attached hydrogens (primary N) is 1. The highest BCUT2D eigenvalue weighted by molar-refractivity contribution is 5.43. The molecule has 100 valence electrons. The first-order valence-electron chi connectivity index (χ1n) is 6.94. The third-order valence-electron chi connectivity index (χ3n) is 4.51. The van der Waals surface area contributed by atoms with Crippen LogP contribution in [-0.2, 0) is 0 Å². The summed E-state index contributed by atoms with van der Waals surface area (Å²) in [6, 6.07) is 2.03. The highest BCUT2D eigenvalue weighted by atomic mass is 15.2. The van der Waals surface area contributed by atoms with Gasteiger partial charge in [-0.2, -0.15) is 4.98 Å². The van der Waals surface area contributed by atoms with E-state index in [4.69, 9.17) is 5.73 Å². The molecule has 2 rings (SSSR count). The molecule has 4 heteroatoms. The van der Waals surface area contributed by atoms with Crippen LogP contribution < -0.4 is 10.6 Å². The van der Waals surface area contributed by atoms with Crippen LogP contribution in [0.3, 0.4) is 0 Å². The van der Waals surface area contributed by atoms with Crippen LogP contribution in [0.2, 0.25) is 0 Å². The molecule has 0 aromatic carbocycles. The van der Waals surface area contributed by atoms with Crippen LogP contribution in [0.1, 0.15) is 45.2 Å². The number of anilines is 2. The molecule has 0 saturated carbocycles. The molecule has 0 radical (unpaired) electrons. The first kappa shape index (κ1) is 13.1. The molecule has 1 aliphatic rings. The average molecular weight is 248 g/mol. The molecule has 0 amide bonds. The SMILES string of the molecule is CCC1(CC)CCN(c2cc(C)nc(N)n2)CC1. The Bertz CT molecular complexity index is 382. The minimum atomic E-state index is 0.382. The van der Waals surface area contributed by atoms with E-state index in [9.17, 15) is 0 Å². The molecular formula is C14H24N4. The lowest BCUT2D eigenvalue weighted by Gasteiger charge is -2.41. The summed E-state index contributed by atoms with van der Waals surface area (Å²) in [5.74, 6) is 1.37. The van der Waals surface area contributed by atoms with Gasteiger partial charge in [-0.25, -0.2) is 4.98 Å². The molecule has 4 nitrogen and oxygen atoms in total. The van der Waals surface area contributed by atoms with E-state index in [2.05, 4.69) is 28.7 Å². The van der Waals surface area contributed by atoms with Crippen molar-refractivity contribution in [3.63, 3.8) is 0 Å². The van der Waals surface area contributed by atoms with Gasteiger partial charge in [-0.05, 0) is 25.2 Å². The molecule has 18 heavy (non-hydrogen) atoms. The zero-order chi connectivity index (χ0) is 13.2. The number of aryl methyl sites for hydroxylation is 1. The van der Waals surface area contributed by atoms with E-state index in [0.717, 1.165) is 24.6 Å². The molecule has 1 aromatic heterocycles. The molecule has 1 fully saturated rings. The van der Waals surface area contributed by atoms with Crippen molar-refractivity contribution in [3.05, 3.63) is 11.8 Å². The first-order chi connectivity index (χ1) is 8.58. The van der Waals surface area contributed by atoms with Crippen molar-refractivity contribution in [1.29, 1.82) is 0 Å². The number of nitrogen functional groups attached to an aromatic ring is 1. The Morgan fingerprint density at radius 2 is 1.83 bits per heavy atom. The van der Waals surface area contributed by atoms with Crippen LogP contribution in [0.15, 0.2) is 6.07 Å².